The summed E-state index contributed by atoms with van der Waals surface area (Å²) in [6, 6.07) is 9.62. The number of aliphatic hydroxyl groups excluding tert-OH is 1. The first-order chi connectivity index (χ1) is 9.95. The van der Waals surface area contributed by atoms with E-state index in [0.717, 1.165) is 5.56 Å². The van der Waals surface area contributed by atoms with E-state index in [1.54, 1.807) is 18.5 Å². The molecule has 5 heteroatoms. The number of carbonyl (C=O) groups excluding carboxylic acids is 1. The number of aliphatic hydroxyl groups is 1. The van der Waals surface area contributed by atoms with E-state index in [9.17, 15) is 9.59 Å². The molecule has 21 heavy (non-hydrogen) atoms. The molecule has 0 fully saturated rings. The summed E-state index contributed by atoms with van der Waals surface area (Å²) in [4.78, 5) is 22.2. The van der Waals surface area contributed by atoms with E-state index < -0.39 is 17.5 Å². The zero-order chi connectivity index (χ0) is 15.4. The predicted molar refractivity (Wildman–Crippen MR) is 77.4 cm³/mol. The lowest BCUT2D eigenvalue weighted by Gasteiger charge is -2.03. The Morgan fingerprint density at radius 3 is 2.43 bits per heavy atom. The van der Waals surface area contributed by atoms with Gasteiger partial charge in [-0.15, -0.1) is 0 Å². The van der Waals surface area contributed by atoms with Gasteiger partial charge in [0.2, 0.25) is 5.76 Å². The third-order valence-corrected chi connectivity index (χ3v) is 3.01. The van der Waals surface area contributed by atoms with Crippen LogP contribution in [0.15, 0.2) is 54.6 Å². The van der Waals surface area contributed by atoms with Crippen molar-refractivity contribution in [3.8, 4) is 0 Å². The van der Waals surface area contributed by atoms with Gasteiger partial charge in [-0.2, -0.15) is 0 Å². The van der Waals surface area contributed by atoms with E-state index in [0.29, 0.717) is 18.2 Å². The molecule has 0 amide bonds. The number of rotatable bonds is 5. The first-order valence-electron chi connectivity index (χ1n) is 6.35. The number of hydrogen-bond acceptors (Lipinski definition) is 3. The second-order valence-corrected chi connectivity index (χ2v) is 4.76. The van der Waals surface area contributed by atoms with Crippen LogP contribution in [-0.2, 0) is 11.3 Å². The number of ketones is 1. The van der Waals surface area contributed by atoms with Gasteiger partial charge in [-0.1, -0.05) is 29.8 Å². The van der Waals surface area contributed by atoms with Crippen LogP contribution in [0.3, 0.4) is 0 Å². The molecule has 2 aromatic rings. The highest BCUT2D eigenvalue weighted by Crippen LogP contribution is 2.09. The lowest BCUT2D eigenvalue weighted by Crippen LogP contribution is -2.03. The Labute approximate surface area is 121 Å². The fraction of sp³-hybridized carbons (Fsp3) is 0.125. The molecule has 2 rings (SSSR count). The lowest BCUT2D eigenvalue weighted by atomic mass is 10.1. The van der Waals surface area contributed by atoms with E-state index in [1.165, 1.54) is 5.56 Å². The van der Waals surface area contributed by atoms with Crippen molar-refractivity contribution < 1.29 is 19.8 Å². The van der Waals surface area contributed by atoms with Crippen molar-refractivity contribution >= 4 is 11.8 Å². The maximum atomic E-state index is 11.8. The summed E-state index contributed by atoms with van der Waals surface area (Å²) in [5.41, 5.74) is 2.60. The molecule has 0 saturated heterocycles. The number of carbonyl (C=O) groups is 2. The highest BCUT2D eigenvalue weighted by Gasteiger charge is 2.10. The van der Waals surface area contributed by atoms with Crippen molar-refractivity contribution in [3.05, 3.63) is 71.3 Å². The summed E-state index contributed by atoms with van der Waals surface area (Å²) in [6.07, 6.45) is 4.06. The van der Waals surface area contributed by atoms with E-state index >= 15 is 0 Å². The molecule has 0 aliphatic carbocycles. The Kier molecular flexibility index (Phi) is 4.23. The smallest absolute Gasteiger partial charge is 0.371 e. The number of hydrogen-bond donors (Lipinski definition) is 2. The summed E-state index contributed by atoms with van der Waals surface area (Å²) in [5, 5.41) is 17.6. The van der Waals surface area contributed by atoms with E-state index in [2.05, 4.69) is 0 Å². The van der Waals surface area contributed by atoms with Crippen molar-refractivity contribution in [2.45, 2.75) is 13.5 Å². The van der Waals surface area contributed by atoms with Crippen LogP contribution >= 0.6 is 0 Å². The quantitative estimate of drug-likeness (QED) is 0.502. The molecule has 0 unspecified atom stereocenters. The minimum atomic E-state index is -1.53. The molecular weight excluding hydrogens is 270 g/mol. The SMILES string of the molecule is Cc1ccc(Cn2ccc(C(=O)/C=C(\O)C(=O)O)c2)cc1. The summed E-state index contributed by atoms with van der Waals surface area (Å²) in [5.74, 6) is -3.04. The molecule has 0 aliphatic rings. The molecule has 0 bridgehead atoms. The topological polar surface area (TPSA) is 79.5 Å². The molecule has 0 saturated carbocycles. The van der Waals surface area contributed by atoms with Gasteiger partial charge in [0.1, 0.15) is 0 Å². The molecule has 108 valence electrons. The number of benzene rings is 1. The lowest BCUT2D eigenvalue weighted by molar-refractivity contribution is -0.135. The fourth-order valence-corrected chi connectivity index (χ4v) is 1.86. The van der Waals surface area contributed by atoms with Gasteiger partial charge < -0.3 is 14.8 Å². The largest absolute Gasteiger partial charge is 0.502 e. The first kappa shape index (κ1) is 14.6. The van der Waals surface area contributed by atoms with Crippen molar-refractivity contribution in [2.24, 2.45) is 0 Å². The van der Waals surface area contributed by atoms with Gasteiger partial charge in [-0.05, 0) is 18.6 Å². The zero-order valence-corrected chi connectivity index (χ0v) is 11.5. The Morgan fingerprint density at radius 2 is 1.81 bits per heavy atom. The fourth-order valence-electron chi connectivity index (χ4n) is 1.86. The van der Waals surface area contributed by atoms with E-state index in [-0.39, 0.29) is 0 Å². The summed E-state index contributed by atoms with van der Waals surface area (Å²) in [6.45, 7) is 2.62. The number of carboxylic acid groups (broad SMARTS) is 1. The van der Waals surface area contributed by atoms with Crippen LogP contribution in [0.5, 0.6) is 0 Å². The van der Waals surface area contributed by atoms with Gasteiger partial charge in [-0.25, -0.2) is 4.79 Å². The minimum absolute atomic E-state index is 0.329. The molecule has 1 heterocycles. The van der Waals surface area contributed by atoms with Crippen LogP contribution in [0, 0.1) is 6.92 Å². The van der Waals surface area contributed by atoms with Crippen LogP contribution in [0.25, 0.3) is 0 Å². The summed E-state index contributed by atoms with van der Waals surface area (Å²) in [7, 11) is 0. The van der Waals surface area contributed by atoms with Gasteiger partial charge in [-0.3, -0.25) is 4.79 Å². The number of aromatic nitrogens is 1. The Bertz CT molecular complexity index is 695. The van der Waals surface area contributed by atoms with Crippen molar-refractivity contribution in [3.63, 3.8) is 0 Å². The monoisotopic (exact) mass is 285 g/mol. The molecule has 0 radical (unpaired) electrons. The maximum Gasteiger partial charge on any atom is 0.371 e. The molecule has 1 aromatic heterocycles. The molecular formula is C16H15NO4. The predicted octanol–water partition coefficient (Wildman–Crippen LogP) is 2.55. The van der Waals surface area contributed by atoms with E-state index in [4.69, 9.17) is 10.2 Å². The Balaban J connectivity index is 2.11. The van der Waals surface area contributed by atoms with Crippen molar-refractivity contribution in [1.82, 2.24) is 4.57 Å². The van der Waals surface area contributed by atoms with Crippen LogP contribution in [0.4, 0.5) is 0 Å². The second kappa shape index (κ2) is 6.09. The zero-order valence-electron chi connectivity index (χ0n) is 11.5. The number of allylic oxidation sites excluding steroid dienone is 1. The Hall–Kier alpha value is -2.82. The summed E-state index contributed by atoms with van der Waals surface area (Å²) < 4.78 is 1.82. The number of aliphatic carboxylic acids is 1. The molecule has 0 atom stereocenters. The molecule has 0 spiro atoms. The number of carboxylic acids is 1. The standard InChI is InChI=1S/C16H15NO4/c1-11-2-4-12(5-3-11)9-17-7-6-13(10-17)14(18)8-15(19)16(20)21/h2-8,10,19H,9H2,1H3,(H,20,21)/b15-8-. The Morgan fingerprint density at radius 1 is 1.14 bits per heavy atom. The van der Waals surface area contributed by atoms with Crippen LogP contribution in [0.2, 0.25) is 0 Å². The highest BCUT2D eigenvalue weighted by molar-refractivity contribution is 6.07. The van der Waals surface area contributed by atoms with Gasteiger partial charge in [0, 0.05) is 30.6 Å². The third-order valence-electron chi connectivity index (χ3n) is 3.01. The van der Waals surface area contributed by atoms with Crippen molar-refractivity contribution in [2.75, 3.05) is 0 Å². The normalized spacial score (nSPS) is 11.4. The molecule has 1 aromatic carbocycles. The minimum Gasteiger partial charge on any atom is -0.502 e. The van der Waals surface area contributed by atoms with Gasteiger partial charge in [0.25, 0.3) is 0 Å². The molecule has 5 nitrogen and oxygen atoms in total. The third kappa shape index (κ3) is 3.82. The van der Waals surface area contributed by atoms with Gasteiger partial charge >= 0.3 is 5.97 Å². The molecule has 0 aliphatic heterocycles. The number of nitrogens with zero attached hydrogens (tertiary/aromatic N) is 1. The average molecular weight is 285 g/mol. The van der Waals surface area contributed by atoms with Crippen LogP contribution in [0.1, 0.15) is 21.5 Å². The summed E-state index contributed by atoms with van der Waals surface area (Å²) >= 11 is 0. The first-order valence-corrected chi connectivity index (χ1v) is 6.35. The molecule has 2 N–H and O–H groups in total. The average Bonchev–Trinajstić information content (AvgIpc) is 2.90. The maximum absolute atomic E-state index is 11.8. The van der Waals surface area contributed by atoms with Gasteiger partial charge in [0.15, 0.2) is 5.78 Å². The van der Waals surface area contributed by atoms with Crippen LogP contribution < -0.4 is 0 Å². The number of aryl methyl sites for hydroxylation is 1. The van der Waals surface area contributed by atoms with E-state index in [1.807, 2.05) is 35.8 Å². The van der Waals surface area contributed by atoms with Gasteiger partial charge in [0.05, 0.1) is 0 Å². The highest BCUT2D eigenvalue weighted by atomic mass is 16.4. The van der Waals surface area contributed by atoms with Crippen LogP contribution in [-0.4, -0.2) is 26.5 Å². The van der Waals surface area contributed by atoms with Crippen molar-refractivity contribution in [1.29, 1.82) is 0 Å². The second-order valence-electron chi connectivity index (χ2n) is 4.76.